The lowest BCUT2D eigenvalue weighted by molar-refractivity contribution is -0.137. The molecule has 0 aromatic heterocycles. The van der Waals surface area contributed by atoms with Gasteiger partial charge in [-0.05, 0) is 31.4 Å². The van der Waals surface area contributed by atoms with Crippen LogP contribution in [-0.4, -0.2) is 18.8 Å². The lowest BCUT2D eigenvalue weighted by Gasteiger charge is -2.31. The Morgan fingerprint density at radius 2 is 2.14 bits per heavy atom. The molecule has 118 valence electrons. The second kappa shape index (κ2) is 6.88. The van der Waals surface area contributed by atoms with Gasteiger partial charge in [0, 0.05) is 12.6 Å². The zero-order chi connectivity index (χ0) is 15.5. The van der Waals surface area contributed by atoms with E-state index in [4.69, 9.17) is 16.3 Å². The Bertz CT molecular complexity index is 476. The van der Waals surface area contributed by atoms with E-state index in [2.05, 4.69) is 12.2 Å². The SMILES string of the molecule is CCCC1CC(Nc2c(Cl)cccc2C(F)(F)F)CCO1. The highest BCUT2D eigenvalue weighted by Gasteiger charge is 2.35. The Morgan fingerprint density at radius 3 is 2.81 bits per heavy atom. The van der Waals surface area contributed by atoms with Gasteiger partial charge in [-0.15, -0.1) is 0 Å². The third kappa shape index (κ3) is 4.27. The van der Waals surface area contributed by atoms with E-state index >= 15 is 0 Å². The molecule has 0 bridgehead atoms. The van der Waals surface area contributed by atoms with E-state index in [0.717, 1.165) is 18.9 Å². The maximum Gasteiger partial charge on any atom is 0.418 e. The molecular weight excluding hydrogens is 303 g/mol. The summed E-state index contributed by atoms with van der Waals surface area (Å²) < 4.78 is 44.8. The average molecular weight is 322 g/mol. The average Bonchev–Trinajstić information content (AvgIpc) is 2.41. The van der Waals surface area contributed by atoms with Crippen molar-refractivity contribution in [2.45, 2.75) is 50.9 Å². The molecule has 1 aromatic carbocycles. The molecule has 2 rings (SSSR count). The number of rotatable bonds is 4. The molecule has 2 nitrogen and oxygen atoms in total. The van der Waals surface area contributed by atoms with E-state index < -0.39 is 11.7 Å². The fourth-order valence-corrected chi connectivity index (χ4v) is 2.87. The number of hydrogen-bond donors (Lipinski definition) is 1. The van der Waals surface area contributed by atoms with Crippen molar-refractivity contribution < 1.29 is 17.9 Å². The second-order valence-corrected chi connectivity index (χ2v) is 5.71. The fourth-order valence-electron chi connectivity index (χ4n) is 2.65. The van der Waals surface area contributed by atoms with Crippen LogP contribution in [-0.2, 0) is 10.9 Å². The van der Waals surface area contributed by atoms with Crippen LogP contribution < -0.4 is 5.32 Å². The molecule has 1 aromatic rings. The van der Waals surface area contributed by atoms with Gasteiger partial charge in [0.15, 0.2) is 0 Å². The Morgan fingerprint density at radius 1 is 1.38 bits per heavy atom. The van der Waals surface area contributed by atoms with Crippen LogP contribution in [0.2, 0.25) is 5.02 Å². The zero-order valence-electron chi connectivity index (χ0n) is 11.8. The molecule has 1 aliphatic rings. The first-order valence-electron chi connectivity index (χ1n) is 7.15. The van der Waals surface area contributed by atoms with Gasteiger partial charge in [-0.25, -0.2) is 0 Å². The quantitative estimate of drug-likeness (QED) is 0.831. The number of nitrogens with one attached hydrogen (secondary N) is 1. The summed E-state index contributed by atoms with van der Waals surface area (Å²) >= 11 is 5.96. The van der Waals surface area contributed by atoms with Crippen molar-refractivity contribution in [3.63, 3.8) is 0 Å². The van der Waals surface area contributed by atoms with Crippen LogP contribution in [0.4, 0.5) is 18.9 Å². The summed E-state index contributed by atoms with van der Waals surface area (Å²) in [6.45, 7) is 2.63. The van der Waals surface area contributed by atoms with Crippen molar-refractivity contribution >= 4 is 17.3 Å². The molecule has 0 amide bonds. The third-order valence-electron chi connectivity index (χ3n) is 3.65. The van der Waals surface area contributed by atoms with E-state index in [0.29, 0.717) is 19.4 Å². The van der Waals surface area contributed by atoms with Crippen LogP contribution >= 0.6 is 11.6 Å². The van der Waals surface area contributed by atoms with E-state index in [1.54, 1.807) is 0 Å². The van der Waals surface area contributed by atoms with E-state index in [1.165, 1.54) is 12.1 Å². The summed E-state index contributed by atoms with van der Waals surface area (Å²) in [5.41, 5.74) is -0.734. The van der Waals surface area contributed by atoms with Crippen molar-refractivity contribution in [1.29, 1.82) is 0 Å². The first-order chi connectivity index (χ1) is 9.91. The van der Waals surface area contributed by atoms with Gasteiger partial charge in [-0.3, -0.25) is 0 Å². The van der Waals surface area contributed by atoms with Crippen molar-refractivity contribution in [3.05, 3.63) is 28.8 Å². The maximum absolute atomic E-state index is 13.1. The molecule has 0 aliphatic carbocycles. The lowest BCUT2D eigenvalue weighted by Crippen LogP contribution is -2.34. The molecule has 1 saturated heterocycles. The number of alkyl halides is 3. The smallest absolute Gasteiger partial charge is 0.380 e. The zero-order valence-corrected chi connectivity index (χ0v) is 12.6. The molecule has 1 fully saturated rings. The summed E-state index contributed by atoms with van der Waals surface area (Å²) in [7, 11) is 0. The fraction of sp³-hybridized carbons (Fsp3) is 0.600. The number of para-hydroxylation sites is 1. The molecule has 0 radical (unpaired) electrons. The predicted octanol–water partition coefficient (Wildman–Crippen LogP) is 5.12. The van der Waals surface area contributed by atoms with Gasteiger partial charge < -0.3 is 10.1 Å². The van der Waals surface area contributed by atoms with Crippen LogP contribution in [0.25, 0.3) is 0 Å². The molecular formula is C15H19ClF3NO. The summed E-state index contributed by atoms with van der Waals surface area (Å²) in [6.07, 6.45) is -0.997. The number of hydrogen-bond acceptors (Lipinski definition) is 2. The number of anilines is 1. The van der Waals surface area contributed by atoms with Gasteiger partial charge in [0.2, 0.25) is 0 Å². The minimum absolute atomic E-state index is 0.0196. The standard InChI is InChI=1S/C15H19ClF3NO/c1-2-4-11-9-10(7-8-21-11)20-14-12(15(17,18)19)5-3-6-13(14)16/h3,5-6,10-11,20H,2,4,7-9H2,1H3. The first kappa shape index (κ1) is 16.4. The highest BCUT2D eigenvalue weighted by Crippen LogP contribution is 2.39. The van der Waals surface area contributed by atoms with Gasteiger partial charge in [0.25, 0.3) is 0 Å². The van der Waals surface area contributed by atoms with E-state index in [1.807, 2.05) is 0 Å². The molecule has 0 saturated carbocycles. The molecule has 6 heteroatoms. The van der Waals surface area contributed by atoms with Crippen molar-refractivity contribution in [2.75, 3.05) is 11.9 Å². The van der Waals surface area contributed by atoms with E-state index in [9.17, 15) is 13.2 Å². The summed E-state index contributed by atoms with van der Waals surface area (Å²) in [4.78, 5) is 0. The summed E-state index contributed by atoms with van der Waals surface area (Å²) in [5, 5.41) is 3.08. The number of ether oxygens (including phenoxy) is 1. The van der Waals surface area contributed by atoms with Crippen molar-refractivity contribution in [1.82, 2.24) is 0 Å². The van der Waals surface area contributed by atoms with Gasteiger partial charge in [-0.2, -0.15) is 13.2 Å². The number of halogens is 4. The van der Waals surface area contributed by atoms with Crippen molar-refractivity contribution in [3.8, 4) is 0 Å². The molecule has 1 aliphatic heterocycles. The highest BCUT2D eigenvalue weighted by atomic mass is 35.5. The van der Waals surface area contributed by atoms with E-state index in [-0.39, 0.29) is 22.9 Å². The summed E-state index contributed by atoms with van der Waals surface area (Å²) in [6, 6.07) is 3.80. The Hall–Kier alpha value is -0.940. The highest BCUT2D eigenvalue weighted by molar-refractivity contribution is 6.33. The maximum atomic E-state index is 13.1. The van der Waals surface area contributed by atoms with Gasteiger partial charge in [-0.1, -0.05) is 31.0 Å². The summed E-state index contributed by atoms with van der Waals surface area (Å²) in [5.74, 6) is 0. The van der Waals surface area contributed by atoms with Crippen LogP contribution in [0, 0.1) is 0 Å². The monoisotopic (exact) mass is 321 g/mol. The predicted molar refractivity (Wildman–Crippen MR) is 77.7 cm³/mol. The minimum Gasteiger partial charge on any atom is -0.380 e. The molecule has 1 N–H and O–H groups in total. The lowest BCUT2D eigenvalue weighted by atomic mass is 9.99. The van der Waals surface area contributed by atoms with Crippen LogP contribution in [0.1, 0.15) is 38.2 Å². The molecule has 0 spiro atoms. The van der Waals surface area contributed by atoms with Gasteiger partial charge >= 0.3 is 6.18 Å². The van der Waals surface area contributed by atoms with Gasteiger partial charge in [0.1, 0.15) is 0 Å². The molecule has 2 atom stereocenters. The molecule has 1 heterocycles. The normalized spacial score (nSPS) is 23.1. The Labute approximate surface area is 127 Å². The Kier molecular flexibility index (Phi) is 5.38. The molecule has 2 unspecified atom stereocenters. The molecule has 21 heavy (non-hydrogen) atoms. The third-order valence-corrected chi connectivity index (χ3v) is 3.96. The van der Waals surface area contributed by atoms with Crippen molar-refractivity contribution in [2.24, 2.45) is 0 Å². The van der Waals surface area contributed by atoms with Crippen LogP contribution in [0.5, 0.6) is 0 Å². The topological polar surface area (TPSA) is 21.3 Å². The van der Waals surface area contributed by atoms with Gasteiger partial charge in [0.05, 0.1) is 22.4 Å². The minimum atomic E-state index is -4.42. The largest absolute Gasteiger partial charge is 0.418 e. The van der Waals surface area contributed by atoms with Crippen LogP contribution in [0.3, 0.4) is 0 Å². The van der Waals surface area contributed by atoms with Crippen LogP contribution in [0.15, 0.2) is 18.2 Å². The Balaban J connectivity index is 2.15. The number of benzene rings is 1. The second-order valence-electron chi connectivity index (χ2n) is 5.31. The first-order valence-corrected chi connectivity index (χ1v) is 7.53.